The van der Waals surface area contributed by atoms with E-state index in [2.05, 4.69) is 9.47 Å². The van der Waals surface area contributed by atoms with Crippen molar-refractivity contribution in [2.75, 3.05) is 14.2 Å². The van der Waals surface area contributed by atoms with E-state index < -0.39 is 12.2 Å². The number of ether oxygens (including phenoxy) is 2. The SMILES string of the molecule is COC(=O)N(O)C(=O)OC. The molecule has 6 nitrogen and oxygen atoms in total. The molecule has 1 N–H and O–H groups in total. The fraction of sp³-hybridized carbons (Fsp3) is 0.500. The third-order valence-corrected chi connectivity index (χ3v) is 0.695. The summed E-state index contributed by atoms with van der Waals surface area (Å²) in [4.78, 5) is 20.5. The fourth-order valence-electron chi connectivity index (χ4n) is 0.247. The van der Waals surface area contributed by atoms with Crippen molar-refractivity contribution in [3.8, 4) is 0 Å². The molecule has 6 heteroatoms. The molecule has 0 aliphatic heterocycles. The fourth-order valence-corrected chi connectivity index (χ4v) is 0.247. The van der Waals surface area contributed by atoms with E-state index in [9.17, 15) is 9.59 Å². The third-order valence-electron chi connectivity index (χ3n) is 0.695. The summed E-state index contributed by atoms with van der Waals surface area (Å²) in [5, 5.41) is 8.19. The number of methoxy groups -OCH3 is 2. The van der Waals surface area contributed by atoms with Crippen LogP contribution in [0.25, 0.3) is 0 Å². The minimum Gasteiger partial charge on any atom is -0.451 e. The molecule has 0 unspecified atom stereocenters. The Kier molecular flexibility index (Phi) is 3.20. The smallest absolute Gasteiger partial charge is 0.443 e. The maximum absolute atomic E-state index is 10.3. The topological polar surface area (TPSA) is 76.1 Å². The number of hydrogen-bond donors (Lipinski definition) is 1. The number of imide groups is 1. The molecular weight excluding hydrogens is 142 g/mol. The van der Waals surface area contributed by atoms with E-state index >= 15 is 0 Å². The zero-order valence-corrected chi connectivity index (χ0v) is 5.53. The number of nitrogens with zero attached hydrogens (tertiary/aromatic N) is 1. The Morgan fingerprint density at radius 3 is 1.70 bits per heavy atom. The molecule has 0 saturated carbocycles. The largest absolute Gasteiger partial charge is 0.451 e. The van der Waals surface area contributed by atoms with Crippen LogP contribution in [0.1, 0.15) is 0 Å². The van der Waals surface area contributed by atoms with Crippen LogP contribution in [0.2, 0.25) is 0 Å². The summed E-state index contributed by atoms with van der Waals surface area (Å²) in [6.45, 7) is 0. The Balaban J connectivity index is 3.94. The van der Waals surface area contributed by atoms with Gasteiger partial charge in [0.2, 0.25) is 0 Å². The minimum absolute atomic E-state index is 0.278. The van der Waals surface area contributed by atoms with E-state index in [-0.39, 0.29) is 5.06 Å². The van der Waals surface area contributed by atoms with Crippen molar-refractivity contribution in [1.29, 1.82) is 0 Å². The van der Waals surface area contributed by atoms with Gasteiger partial charge in [0, 0.05) is 0 Å². The molecule has 0 heterocycles. The highest BCUT2D eigenvalue weighted by atomic mass is 16.7. The highest BCUT2D eigenvalue weighted by Crippen LogP contribution is 1.90. The van der Waals surface area contributed by atoms with Crippen LogP contribution >= 0.6 is 0 Å². The molecule has 0 saturated heterocycles. The van der Waals surface area contributed by atoms with Gasteiger partial charge in [-0.15, -0.1) is 0 Å². The number of hydroxylamine groups is 2. The second kappa shape index (κ2) is 3.67. The zero-order valence-electron chi connectivity index (χ0n) is 5.53. The van der Waals surface area contributed by atoms with Crippen LogP contribution in [0.15, 0.2) is 0 Å². The molecule has 0 bridgehead atoms. The second-order valence-corrected chi connectivity index (χ2v) is 1.25. The van der Waals surface area contributed by atoms with Crippen LogP contribution in [0.5, 0.6) is 0 Å². The van der Waals surface area contributed by atoms with E-state index in [1.807, 2.05) is 0 Å². The van der Waals surface area contributed by atoms with Crippen LogP contribution in [0.4, 0.5) is 9.59 Å². The Morgan fingerprint density at radius 2 is 1.50 bits per heavy atom. The predicted molar refractivity (Wildman–Crippen MR) is 28.4 cm³/mol. The lowest BCUT2D eigenvalue weighted by Crippen LogP contribution is -2.33. The van der Waals surface area contributed by atoms with Gasteiger partial charge in [0.1, 0.15) is 0 Å². The number of carbonyl (C=O) groups excluding carboxylic acids is 2. The first-order valence-electron chi connectivity index (χ1n) is 2.28. The maximum atomic E-state index is 10.3. The molecule has 0 aromatic rings. The summed E-state index contributed by atoms with van der Waals surface area (Å²) in [5.74, 6) is 0. The Labute approximate surface area is 56.9 Å². The zero-order chi connectivity index (χ0) is 8.15. The lowest BCUT2D eigenvalue weighted by atomic mass is 11.0. The van der Waals surface area contributed by atoms with Crippen molar-refractivity contribution in [3.05, 3.63) is 0 Å². The van der Waals surface area contributed by atoms with Crippen LogP contribution < -0.4 is 0 Å². The summed E-state index contributed by atoms with van der Waals surface area (Å²) in [6.07, 6.45) is -2.38. The number of rotatable bonds is 0. The molecular formula is C4H7NO5. The first kappa shape index (κ1) is 8.70. The minimum atomic E-state index is -1.19. The molecule has 0 fully saturated rings. The summed E-state index contributed by atoms with van der Waals surface area (Å²) in [6, 6.07) is 0. The second-order valence-electron chi connectivity index (χ2n) is 1.25. The summed E-state index contributed by atoms with van der Waals surface area (Å²) >= 11 is 0. The van der Waals surface area contributed by atoms with Gasteiger partial charge >= 0.3 is 12.2 Å². The number of hydrogen-bond acceptors (Lipinski definition) is 5. The first-order valence-corrected chi connectivity index (χ1v) is 2.28. The Morgan fingerprint density at radius 1 is 1.20 bits per heavy atom. The molecule has 0 aromatic heterocycles. The van der Waals surface area contributed by atoms with Gasteiger partial charge in [-0.2, -0.15) is 0 Å². The molecule has 10 heavy (non-hydrogen) atoms. The predicted octanol–water partition coefficient (Wildman–Crippen LogP) is 0.210. The molecule has 0 atom stereocenters. The van der Waals surface area contributed by atoms with Crippen molar-refractivity contribution in [2.24, 2.45) is 0 Å². The molecule has 2 amide bonds. The number of amides is 2. The van der Waals surface area contributed by atoms with Gasteiger partial charge in [-0.3, -0.25) is 5.21 Å². The van der Waals surface area contributed by atoms with Crippen LogP contribution in [-0.4, -0.2) is 36.7 Å². The molecule has 58 valence electrons. The average molecular weight is 149 g/mol. The van der Waals surface area contributed by atoms with E-state index in [0.29, 0.717) is 0 Å². The van der Waals surface area contributed by atoms with E-state index in [4.69, 9.17) is 5.21 Å². The molecule has 0 aromatic carbocycles. The molecule has 0 spiro atoms. The van der Waals surface area contributed by atoms with Crippen molar-refractivity contribution >= 4 is 12.2 Å². The average Bonchev–Trinajstić information content (AvgIpc) is 2.00. The summed E-state index contributed by atoms with van der Waals surface area (Å²) in [7, 11) is 2.04. The van der Waals surface area contributed by atoms with Crippen molar-refractivity contribution in [1.82, 2.24) is 5.06 Å². The van der Waals surface area contributed by atoms with Gasteiger partial charge in [0.25, 0.3) is 0 Å². The third kappa shape index (κ3) is 1.90. The maximum Gasteiger partial charge on any atom is 0.443 e. The van der Waals surface area contributed by atoms with Crippen LogP contribution in [0.3, 0.4) is 0 Å². The molecule has 0 aliphatic carbocycles. The van der Waals surface area contributed by atoms with Crippen molar-refractivity contribution in [2.45, 2.75) is 0 Å². The summed E-state index contributed by atoms with van der Waals surface area (Å²) < 4.78 is 7.94. The van der Waals surface area contributed by atoms with E-state index in [1.165, 1.54) is 0 Å². The first-order chi connectivity index (χ1) is 4.63. The Bertz CT molecular complexity index is 129. The molecule has 0 rings (SSSR count). The normalized spacial score (nSPS) is 8.30. The van der Waals surface area contributed by atoms with Crippen LogP contribution in [0, 0.1) is 0 Å². The van der Waals surface area contributed by atoms with Crippen molar-refractivity contribution in [3.63, 3.8) is 0 Å². The van der Waals surface area contributed by atoms with E-state index in [1.54, 1.807) is 0 Å². The number of carbonyl (C=O) groups is 2. The van der Waals surface area contributed by atoms with Gasteiger partial charge in [-0.1, -0.05) is 5.06 Å². The highest BCUT2D eigenvalue weighted by molar-refractivity contribution is 5.85. The van der Waals surface area contributed by atoms with Gasteiger partial charge < -0.3 is 9.47 Å². The molecule has 0 aliphatic rings. The lowest BCUT2D eigenvalue weighted by Gasteiger charge is -2.08. The van der Waals surface area contributed by atoms with Gasteiger partial charge in [0.05, 0.1) is 14.2 Å². The van der Waals surface area contributed by atoms with Gasteiger partial charge in [-0.05, 0) is 0 Å². The molecule has 0 radical (unpaired) electrons. The van der Waals surface area contributed by atoms with E-state index in [0.717, 1.165) is 14.2 Å². The standard InChI is InChI=1S/C4H7NO5/c1-9-3(6)5(8)4(7)10-2/h8H,1-2H3. The monoisotopic (exact) mass is 149 g/mol. The van der Waals surface area contributed by atoms with Gasteiger partial charge in [0.15, 0.2) is 0 Å². The summed E-state index contributed by atoms with van der Waals surface area (Å²) in [5.41, 5.74) is 0. The van der Waals surface area contributed by atoms with Crippen molar-refractivity contribution < 1.29 is 24.3 Å². The Hall–Kier alpha value is -1.30. The quantitative estimate of drug-likeness (QED) is 0.393. The lowest BCUT2D eigenvalue weighted by molar-refractivity contribution is -0.0532. The van der Waals surface area contributed by atoms with Gasteiger partial charge in [-0.25, -0.2) is 9.59 Å². The highest BCUT2D eigenvalue weighted by Gasteiger charge is 2.19. The van der Waals surface area contributed by atoms with Crippen LogP contribution in [-0.2, 0) is 9.47 Å².